The first-order valence-corrected chi connectivity index (χ1v) is 5.97. The average molecular weight is 251 g/mol. The van der Waals surface area contributed by atoms with Crippen molar-refractivity contribution in [2.45, 2.75) is 19.8 Å². The second-order valence-electron chi connectivity index (χ2n) is 3.80. The summed E-state index contributed by atoms with van der Waals surface area (Å²) in [7, 11) is 0. The molecule has 1 amide bonds. The zero-order valence-corrected chi connectivity index (χ0v) is 10.5. The van der Waals surface area contributed by atoms with Crippen molar-refractivity contribution in [3.05, 3.63) is 34.9 Å². The molecule has 1 N–H and O–H groups in total. The van der Waals surface area contributed by atoms with Gasteiger partial charge in [0.2, 0.25) is 5.91 Å². The number of hydrogen-bond acceptors (Lipinski definition) is 2. The van der Waals surface area contributed by atoms with Crippen LogP contribution >= 0.6 is 11.6 Å². The lowest BCUT2D eigenvalue weighted by Gasteiger charge is -2.09. The Bertz CT molecular complexity index is 408. The van der Waals surface area contributed by atoms with Crippen LogP contribution in [0.15, 0.2) is 24.3 Å². The number of nitrogens with one attached hydrogen (secondary N) is 1. The fourth-order valence-corrected chi connectivity index (χ4v) is 1.55. The van der Waals surface area contributed by atoms with Crippen LogP contribution in [0.3, 0.4) is 0 Å². The number of hydrogen-bond donors (Lipinski definition) is 1. The Labute approximate surface area is 106 Å². The van der Waals surface area contributed by atoms with Crippen molar-refractivity contribution < 1.29 is 4.79 Å². The number of benzene rings is 1. The van der Waals surface area contributed by atoms with E-state index >= 15 is 0 Å². The summed E-state index contributed by atoms with van der Waals surface area (Å²) < 4.78 is 0. The zero-order chi connectivity index (χ0) is 12.7. The standard InChI is InChI=1S/C13H15ClN2O/c1-2-7-16-13(17)11(9-15)8-10-3-5-12(14)6-4-10/h3-6,11H,2,7-8H2,1H3,(H,16,17). The predicted octanol–water partition coefficient (Wildman–Crippen LogP) is 2.55. The quantitative estimate of drug-likeness (QED) is 0.873. The summed E-state index contributed by atoms with van der Waals surface area (Å²) in [6.07, 6.45) is 1.29. The van der Waals surface area contributed by atoms with Crippen LogP contribution in [0.2, 0.25) is 5.02 Å². The van der Waals surface area contributed by atoms with E-state index in [1.807, 2.05) is 25.1 Å². The molecule has 4 heteroatoms. The minimum Gasteiger partial charge on any atom is -0.355 e. The molecule has 1 rings (SSSR count). The molecule has 0 spiro atoms. The van der Waals surface area contributed by atoms with Crippen molar-refractivity contribution in [2.75, 3.05) is 6.54 Å². The van der Waals surface area contributed by atoms with Gasteiger partial charge < -0.3 is 5.32 Å². The third-order valence-corrected chi connectivity index (χ3v) is 2.63. The fourth-order valence-electron chi connectivity index (χ4n) is 1.42. The minimum atomic E-state index is -0.636. The van der Waals surface area contributed by atoms with E-state index in [0.717, 1.165) is 12.0 Å². The van der Waals surface area contributed by atoms with Crippen molar-refractivity contribution in [3.63, 3.8) is 0 Å². The van der Waals surface area contributed by atoms with E-state index in [1.165, 1.54) is 0 Å². The van der Waals surface area contributed by atoms with Crippen LogP contribution in [0.5, 0.6) is 0 Å². The van der Waals surface area contributed by atoms with E-state index in [0.29, 0.717) is 18.0 Å². The first-order valence-electron chi connectivity index (χ1n) is 5.59. The number of carbonyl (C=O) groups is 1. The van der Waals surface area contributed by atoms with Gasteiger partial charge >= 0.3 is 0 Å². The summed E-state index contributed by atoms with van der Waals surface area (Å²) in [5.74, 6) is -0.841. The summed E-state index contributed by atoms with van der Waals surface area (Å²) in [6.45, 7) is 2.58. The van der Waals surface area contributed by atoms with E-state index in [9.17, 15) is 4.79 Å². The minimum absolute atomic E-state index is 0.204. The lowest BCUT2D eigenvalue weighted by Crippen LogP contribution is -2.31. The van der Waals surface area contributed by atoms with E-state index < -0.39 is 5.92 Å². The monoisotopic (exact) mass is 250 g/mol. The molecule has 0 aromatic heterocycles. The van der Waals surface area contributed by atoms with E-state index in [2.05, 4.69) is 5.32 Å². The Morgan fingerprint density at radius 3 is 2.65 bits per heavy atom. The Morgan fingerprint density at radius 2 is 2.12 bits per heavy atom. The molecule has 0 saturated carbocycles. The van der Waals surface area contributed by atoms with Gasteiger partial charge in [0.05, 0.1) is 6.07 Å². The van der Waals surface area contributed by atoms with Crippen molar-refractivity contribution in [2.24, 2.45) is 5.92 Å². The van der Waals surface area contributed by atoms with E-state index in [4.69, 9.17) is 16.9 Å². The number of halogens is 1. The summed E-state index contributed by atoms with van der Waals surface area (Å²) in [4.78, 5) is 11.6. The molecule has 0 radical (unpaired) electrons. The summed E-state index contributed by atoms with van der Waals surface area (Å²) in [6, 6.07) is 9.21. The average Bonchev–Trinajstić information content (AvgIpc) is 2.35. The van der Waals surface area contributed by atoms with Crippen LogP contribution in [0.4, 0.5) is 0 Å². The van der Waals surface area contributed by atoms with Gasteiger partial charge in [0.1, 0.15) is 5.92 Å². The molecule has 0 heterocycles. The molecule has 3 nitrogen and oxygen atoms in total. The topological polar surface area (TPSA) is 52.9 Å². The van der Waals surface area contributed by atoms with Gasteiger partial charge in [0.25, 0.3) is 0 Å². The second kappa shape index (κ2) is 6.93. The fraction of sp³-hybridized carbons (Fsp3) is 0.385. The highest BCUT2D eigenvalue weighted by molar-refractivity contribution is 6.30. The van der Waals surface area contributed by atoms with E-state index in [-0.39, 0.29) is 5.91 Å². The molecule has 0 fully saturated rings. The highest BCUT2D eigenvalue weighted by atomic mass is 35.5. The molecule has 1 atom stereocenters. The number of rotatable bonds is 5. The Hall–Kier alpha value is -1.53. The number of carbonyl (C=O) groups excluding carboxylic acids is 1. The molecule has 0 bridgehead atoms. The summed E-state index contributed by atoms with van der Waals surface area (Å²) in [5, 5.41) is 12.4. The number of nitriles is 1. The second-order valence-corrected chi connectivity index (χ2v) is 4.24. The zero-order valence-electron chi connectivity index (χ0n) is 9.74. The molecule has 0 aliphatic heterocycles. The molecule has 1 aromatic rings. The van der Waals surface area contributed by atoms with Crippen molar-refractivity contribution in [3.8, 4) is 6.07 Å². The van der Waals surface area contributed by atoms with Crippen LogP contribution in [-0.4, -0.2) is 12.5 Å². The maximum atomic E-state index is 11.6. The molecule has 1 aromatic carbocycles. The first kappa shape index (κ1) is 13.5. The van der Waals surface area contributed by atoms with Crippen LogP contribution < -0.4 is 5.32 Å². The van der Waals surface area contributed by atoms with Crippen LogP contribution in [0.25, 0.3) is 0 Å². The maximum Gasteiger partial charge on any atom is 0.237 e. The maximum absolute atomic E-state index is 11.6. The Balaban J connectivity index is 2.61. The molecular formula is C13H15ClN2O. The Kier molecular flexibility index (Phi) is 5.51. The summed E-state index contributed by atoms with van der Waals surface area (Å²) >= 11 is 5.77. The Morgan fingerprint density at radius 1 is 1.47 bits per heavy atom. The normalized spacial score (nSPS) is 11.6. The molecule has 0 saturated heterocycles. The van der Waals surface area contributed by atoms with E-state index in [1.54, 1.807) is 12.1 Å². The van der Waals surface area contributed by atoms with Gasteiger partial charge in [0.15, 0.2) is 0 Å². The van der Waals surface area contributed by atoms with Crippen molar-refractivity contribution >= 4 is 17.5 Å². The molecule has 1 unspecified atom stereocenters. The number of amides is 1. The summed E-state index contributed by atoms with van der Waals surface area (Å²) in [5.41, 5.74) is 0.938. The molecule has 17 heavy (non-hydrogen) atoms. The van der Waals surface area contributed by atoms with Gasteiger partial charge in [-0.1, -0.05) is 30.7 Å². The first-order chi connectivity index (χ1) is 8.17. The van der Waals surface area contributed by atoms with Crippen LogP contribution in [-0.2, 0) is 11.2 Å². The highest BCUT2D eigenvalue weighted by Gasteiger charge is 2.17. The van der Waals surface area contributed by atoms with Crippen molar-refractivity contribution in [1.29, 1.82) is 5.26 Å². The highest BCUT2D eigenvalue weighted by Crippen LogP contribution is 2.13. The largest absolute Gasteiger partial charge is 0.355 e. The van der Waals surface area contributed by atoms with Gasteiger partial charge in [-0.2, -0.15) is 5.26 Å². The SMILES string of the molecule is CCCNC(=O)C(C#N)Cc1ccc(Cl)cc1. The third-order valence-electron chi connectivity index (χ3n) is 2.37. The number of nitrogens with zero attached hydrogens (tertiary/aromatic N) is 1. The van der Waals surface area contributed by atoms with Crippen LogP contribution in [0, 0.1) is 17.2 Å². The van der Waals surface area contributed by atoms with Gasteiger partial charge in [-0.3, -0.25) is 4.79 Å². The molecular weight excluding hydrogens is 236 g/mol. The van der Waals surface area contributed by atoms with Crippen LogP contribution in [0.1, 0.15) is 18.9 Å². The lowest BCUT2D eigenvalue weighted by molar-refractivity contribution is -0.123. The third kappa shape index (κ3) is 4.46. The smallest absolute Gasteiger partial charge is 0.237 e. The van der Waals surface area contributed by atoms with Gasteiger partial charge in [-0.15, -0.1) is 0 Å². The molecule has 0 aliphatic rings. The molecule has 0 aliphatic carbocycles. The van der Waals surface area contributed by atoms with Crippen molar-refractivity contribution in [1.82, 2.24) is 5.32 Å². The van der Waals surface area contributed by atoms with Gasteiger partial charge in [-0.05, 0) is 30.5 Å². The predicted molar refractivity (Wildman–Crippen MR) is 67.6 cm³/mol. The lowest BCUT2D eigenvalue weighted by atomic mass is 10.00. The van der Waals surface area contributed by atoms with Gasteiger partial charge in [-0.25, -0.2) is 0 Å². The molecule has 90 valence electrons. The van der Waals surface area contributed by atoms with Gasteiger partial charge in [0, 0.05) is 11.6 Å².